The zero-order chi connectivity index (χ0) is 12.7. The molecule has 0 spiro atoms. The minimum Gasteiger partial charge on any atom is -0.327 e. The Morgan fingerprint density at radius 3 is 3.06 bits per heavy atom. The van der Waals surface area contributed by atoms with Gasteiger partial charge in [-0.2, -0.15) is 0 Å². The highest BCUT2D eigenvalue weighted by molar-refractivity contribution is 7.99. The largest absolute Gasteiger partial charge is 0.327 e. The molecule has 6 heteroatoms. The molecule has 1 aromatic rings. The molecule has 1 aromatic carbocycles. The molecule has 0 aliphatic carbocycles. The quantitative estimate of drug-likeness (QED) is 0.782. The van der Waals surface area contributed by atoms with Crippen LogP contribution in [0.2, 0.25) is 5.02 Å². The predicted molar refractivity (Wildman–Crippen MR) is 77.6 cm³/mol. The summed E-state index contributed by atoms with van der Waals surface area (Å²) in [4.78, 5) is 15.9. The molecule has 2 heterocycles. The maximum atomic E-state index is 12.2. The van der Waals surface area contributed by atoms with Gasteiger partial charge in [-0.25, -0.2) is 0 Å². The summed E-state index contributed by atoms with van der Waals surface area (Å²) in [6, 6.07) is 7.49. The maximum absolute atomic E-state index is 12.2. The summed E-state index contributed by atoms with van der Waals surface area (Å²) >= 11 is 13.1. The molecule has 1 atom stereocenters. The Labute approximate surface area is 120 Å². The molecule has 0 bridgehead atoms. The number of halogens is 1. The summed E-state index contributed by atoms with van der Waals surface area (Å²) < 4.78 is 0. The molecule has 2 aliphatic heterocycles. The third-order valence-electron chi connectivity index (χ3n) is 3.14. The number of amides is 1. The maximum Gasteiger partial charge on any atom is 0.252 e. The summed E-state index contributed by atoms with van der Waals surface area (Å²) in [7, 11) is 0. The smallest absolute Gasteiger partial charge is 0.252 e. The molecular weight excluding hydrogens is 288 g/mol. The Balaban J connectivity index is 1.81. The molecule has 3 rings (SSSR count). The molecule has 3 nitrogen and oxygen atoms in total. The predicted octanol–water partition coefficient (Wildman–Crippen LogP) is 2.34. The van der Waals surface area contributed by atoms with Crippen LogP contribution in [0.1, 0.15) is 5.56 Å². The molecule has 94 valence electrons. The SMILES string of the molecule is O=C1[C@H]2CSCN2C(=S)N1Cc1cccc(Cl)c1. The minimum atomic E-state index is -0.0540. The number of nitrogens with zero attached hydrogens (tertiary/aromatic N) is 2. The van der Waals surface area contributed by atoms with E-state index in [0.29, 0.717) is 16.7 Å². The first-order valence-electron chi connectivity index (χ1n) is 5.61. The monoisotopic (exact) mass is 298 g/mol. The summed E-state index contributed by atoms with van der Waals surface area (Å²) in [5, 5.41) is 1.33. The third kappa shape index (κ3) is 2.00. The van der Waals surface area contributed by atoms with Crippen molar-refractivity contribution in [3.05, 3.63) is 34.9 Å². The van der Waals surface area contributed by atoms with Crippen molar-refractivity contribution in [3.63, 3.8) is 0 Å². The van der Waals surface area contributed by atoms with E-state index < -0.39 is 0 Å². The van der Waals surface area contributed by atoms with Gasteiger partial charge in [-0.1, -0.05) is 23.7 Å². The molecule has 18 heavy (non-hydrogen) atoms. The Bertz CT molecular complexity index is 501. The van der Waals surface area contributed by atoms with Crippen molar-refractivity contribution in [1.29, 1.82) is 0 Å². The summed E-state index contributed by atoms with van der Waals surface area (Å²) in [5.41, 5.74) is 1.01. The van der Waals surface area contributed by atoms with E-state index in [1.54, 1.807) is 16.7 Å². The van der Waals surface area contributed by atoms with Crippen LogP contribution in [0.4, 0.5) is 0 Å². The zero-order valence-electron chi connectivity index (χ0n) is 9.51. The fourth-order valence-electron chi connectivity index (χ4n) is 2.23. The normalized spacial score (nSPS) is 22.8. The van der Waals surface area contributed by atoms with Gasteiger partial charge in [0.05, 0.1) is 12.4 Å². The summed E-state index contributed by atoms with van der Waals surface area (Å²) in [6.07, 6.45) is 0. The van der Waals surface area contributed by atoms with Gasteiger partial charge in [-0.05, 0) is 29.9 Å². The van der Waals surface area contributed by atoms with Crippen molar-refractivity contribution in [1.82, 2.24) is 9.80 Å². The lowest BCUT2D eigenvalue weighted by Gasteiger charge is -2.18. The van der Waals surface area contributed by atoms with E-state index in [1.165, 1.54) is 0 Å². The molecule has 2 fully saturated rings. The van der Waals surface area contributed by atoms with Crippen LogP contribution in [0.5, 0.6) is 0 Å². The Hall–Kier alpha value is -0.780. The number of carbonyl (C=O) groups is 1. The second-order valence-corrected chi connectivity index (χ2v) is 6.12. The van der Waals surface area contributed by atoms with Crippen molar-refractivity contribution in [2.24, 2.45) is 0 Å². The van der Waals surface area contributed by atoms with Crippen LogP contribution in [-0.2, 0) is 11.3 Å². The van der Waals surface area contributed by atoms with E-state index >= 15 is 0 Å². The number of hydrogen-bond acceptors (Lipinski definition) is 3. The van der Waals surface area contributed by atoms with E-state index in [1.807, 2.05) is 29.2 Å². The highest BCUT2D eigenvalue weighted by Crippen LogP contribution is 2.30. The van der Waals surface area contributed by atoms with Gasteiger partial charge in [-0.3, -0.25) is 9.69 Å². The molecule has 0 aromatic heterocycles. The average Bonchev–Trinajstić information content (AvgIpc) is 2.90. The van der Waals surface area contributed by atoms with Crippen molar-refractivity contribution >= 4 is 46.6 Å². The number of hydrogen-bond donors (Lipinski definition) is 0. The van der Waals surface area contributed by atoms with Crippen molar-refractivity contribution in [2.75, 3.05) is 11.6 Å². The van der Waals surface area contributed by atoms with Crippen LogP contribution in [0.3, 0.4) is 0 Å². The second kappa shape index (κ2) is 4.72. The average molecular weight is 299 g/mol. The van der Waals surface area contributed by atoms with Gasteiger partial charge in [0.1, 0.15) is 6.04 Å². The summed E-state index contributed by atoms with van der Waals surface area (Å²) in [6.45, 7) is 0.510. The topological polar surface area (TPSA) is 23.6 Å². The van der Waals surface area contributed by atoms with E-state index in [-0.39, 0.29) is 11.9 Å². The van der Waals surface area contributed by atoms with Gasteiger partial charge >= 0.3 is 0 Å². The van der Waals surface area contributed by atoms with E-state index in [2.05, 4.69) is 0 Å². The Morgan fingerprint density at radius 1 is 1.50 bits per heavy atom. The number of thiocarbonyl (C=S) groups is 1. The lowest BCUT2D eigenvalue weighted by Crippen LogP contribution is -2.32. The van der Waals surface area contributed by atoms with Gasteiger partial charge in [0.2, 0.25) is 0 Å². The second-order valence-electron chi connectivity index (χ2n) is 4.32. The zero-order valence-corrected chi connectivity index (χ0v) is 11.9. The van der Waals surface area contributed by atoms with Crippen molar-refractivity contribution < 1.29 is 4.79 Å². The first kappa shape index (κ1) is 12.3. The van der Waals surface area contributed by atoms with Crippen LogP contribution in [0, 0.1) is 0 Å². The fourth-order valence-corrected chi connectivity index (χ4v) is 4.02. The number of rotatable bonds is 2. The molecule has 2 saturated heterocycles. The fraction of sp³-hybridized carbons (Fsp3) is 0.333. The highest BCUT2D eigenvalue weighted by atomic mass is 35.5. The molecule has 0 saturated carbocycles. The lowest BCUT2D eigenvalue weighted by molar-refractivity contribution is -0.127. The minimum absolute atomic E-state index is 0.0540. The van der Waals surface area contributed by atoms with Gasteiger partial charge in [0.25, 0.3) is 5.91 Å². The molecular formula is C12H11ClN2OS2. The van der Waals surface area contributed by atoms with Gasteiger partial charge in [0.15, 0.2) is 5.11 Å². The van der Waals surface area contributed by atoms with Crippen LogP contribution in [0.25, 0.3) is 0 Å². The highest BCUT2D eigenvalue weighted by Gasteiger charge is 2.45. The van der Waals surface area contributed by atoms with E-state index in [0.717, 1.165) is 17.2 Å². The van der Waals surface area contributed by atoms with Crippen LogP contribution < -0.4 is 0 Å². The van der Waals surface area contributed by atoms with Gasteiger partial charge in [-0.15, -0.1) is 11.8 Å². The Morgan fingerprint density at radius 2 is 2.33 bits per heavy atom. The number of carbonyl (C=O) groups excluding carboxylic acids is 1. The summed E-state index contributed by atoms with van der Waals surface area (Å²) in [5.74, 6) is 1.77. The number of fused-ring (bicyclic) bond motifs is 1. The molecule has 1 amide bonds. The lowest BCUT2D eigenvalue weighted by atomic mass is 10.2. The molecule has 0 unspecified atom stereocenters. The standard InChI is InChI=1S/C12H11ClN2OS2/c13-9-3-1-2-8(4-9)5-14-11(16)10-6-18-7-15(10)12(14)17/h1-4,10H,5-7H2/t10-/m1/s1. The molecule has 0 N–H and O–H groups in total. The van der Waals surface area contributed by atoms with E-state index in [4.69, 9.17) is 23.8 Å². The number of thioether (sulfide) groups is 1. The van der Waals surface area contributed by atoms with Gasteiger partial charge in [0, 0.05) is 10.8 Å². The van der Waals surface area contributed by atoms with Crippen LogP contribution in [0.15, 0.2) is 24.3 Å². The van der Waals surface area contributed by atoms with Crippen LogP contribution >= 0.6 is 35.6 Å². The Kier molecular flexibility index (Phi) is 3.21. The van der Waals surface area contributed by atoms with Gasteiger partial charge < -0.3 is 4.90 Å². The van der Waals surface area contributed by atoms with Crippen molar-refractivity contribution in [2.45, 2.75) is 12.6 Å². The molecule has 2 aliphatic rings. The first-order valence-corrected chi connectivity index (χ1v) is 7.55. The number of benzene rings is 1. The van der Waals surface area contributed by atoms with E-state index in [9.17, 15) is 4.79 Å². The van der Waals surface area contributed by atoms with Crippen LogP contribution in [-0.4, -0.2) is 38.5 Å². The first-order chi connectivity index (χ1) is 8.66. The third-order valence-corrected chi connectivity index (χ3v) is 4.84. The molecule has 0 radical (unpaired) electrons. The van der Waals surface area contributed by atoms with Crippen molar-refractivity contribution in [3.8, 4) is 0 Å².